The number of rotatable bonds is 3. The number of anilines is 1. The van der Waals surface area contributed by atoms with Gasteiger partial charge in [0, 0.05) is 13.1 Å². The Labute approximate surface area is 94.4 Å². The van der Waals surface area contributed by atoms with Crippen molar-refractivity contribution in [3.05, 3.63) is 5.76 Å². The van der Waals surface area contributed by atoms with Crippen molar-refractivity contribution in [1.82, 2.24) is 9.46 Å². The van der Waals surface area contributed by atoms with Gasteiger partial charge in [-0.2, -0.15) is 4.31 Å². The van der Waals surface area contributed by atoms with Gasteiger partial charge < -0.3 is 10.3 Å². The van der Waals surface area contributed by atoms with Crippen molar-refractivity contribution < 1.29 is 12.9 Å². The first-order valence-electron chi connectivity index (χ1n) is 5.14. The average Bonchev–Trinajstić information content (AvgIpc) is 2.43. The maximum absolute atomic E-state index is 12.2. The van der Waals surface area contributed by atoms with Crippen LogP contribution in [-0.2, 0) is 10.0 Å². The predicted octanol–water partition coefficient (Wildman–Crippen LogP) is 0.738. The number of aryl methyl sites for hydroxylation is 1. The van der Waals surface area contributed by atoms with Crippen molar-refractivity contribution in [3.8, 4) is 0 Å². The molecule has 0 aliphatic heterocycles. The molecule has 1 aliphatic rings. The second-order valence-corrected chi connectivity index (χ2v) is 5.99. The second-order valence-electron chi connectivity index (χ2n) is 4.06. The summed E-state index contributed by atoms with van der Waals surface area (Å²) in [6.45, 7) is 1.55. The third kappa shape index (κ3) is 1.60. The van der Waals surface area contributed by atoms with Crippen LogP contribution in [0.2, 0.25) is 0 Å². The summed E-state index contributed by atoms with van der Waals surface area (Å²) in [6, 6.07) is 0.0821. The Bertz CT molecular complexity index is 471. The highest BCUT2D eigenvalue weighted by Gasteiger charge is 2.35. The Morgan fingerprint density at radius 2 is 2.12 bits per heavy atom. The number of sulfonamides is 1. The third-order valence-corrected chi connectivity index (χ3v) is 5.13. The van der Waals surface area contributed by atoms with E-state index in [0.717, 1.165) is 19.3 Å². The van der Waals surface area contributed by atoms with Gasteiger partial charge in [-0.15, -0.1) is 0 Å². The van der Waals surface area contributed by atoms with Gasteiger partial charge in [-0.25, -0.2) is 8.42 Å². The van der Waals surface area contributed by atoms with Gasteiger partial charge in [-0.1, -0.05) is 11.6 Å². The number of nitrogens with zero attached hydrogens (tertiary/aromatic N) is 2. The molecule has 1 heterocycles. The van der Waals surface area contributed by atoms with E-state index in [-0.39, 0.29) is 22.5 Å². The molecule has 0 unspecified atom stereocenters. The Hall–Kier alpha value is -1.08. The summed E-state index contributed by atoms with van der Waals surface area (Å²) < 4.78 is 30.6. The summed E-state index contributed by atoms with van der Waals surface area (Å²) in [5.74, 6) is 0.173. The van der Waals surface area contributed by atoms with E-state index in [9.17, 15) is 8.42 Å². The van der Waals surface area contributed by atoms with E-state index >= 15 is 0 Å². The maximum Gasteiger partial charge on any atom is 0.250 e. The normalized spacial score (nSPS) is 17.7. The standard InChI is InChI=1S/C9H15N3O3S/c1-6-8(9(10)11-15-6)16(13,14)12(2)7-4-3-5-7/h7H,3-5H2,1-2H3,(H2,10,11). The van der Waals surface area contributed by atoms with Crippen molar-refractivity contribution in [1.29, 1.82) is 0 Å². The first-order chi connectivity index (χ1) is 7.44. The maximum atomic E-state index is 12.2. The molecular formula is C9H15N3O3S. The molecule has 0 atom stereocenters. The molecule has 0 aromatic carbocycles. The molecule has 0 bridgehead atoms. The molecule has 1 aromatic rings. The fraction of sp³-hybridized carbons (Fsp3) is 0.667. The summed E-state index contributed by atoms with van der Waals surface area (Å²) in [4.78, 5) is 0.00176. The zero-order valence-electron chi connectivity index (χ0n) is 9.30. The monoisotopic (exact) mass is 245 g/mol. The highest BCUT2D eigenvalue weighted by Crippen LogP contribution is 2.31. The summed E-state index contributed by atoms with van der Waals surface area (Å²) in [6.07, 6.45) is 2.88. The van der Waals surface area contributed by atoms with Crippen molar-refractivity contribution in [2.75, 3.05) is 12.8 Å². The highest BCUT2D eigenvalue weighted by atomic mass is 32.2. The molecule has 1 fully saturated rings. The highest BCUT2D eigenvalue weighted by molar-refractivity contribution is 7.89. The van der Waals surface area contributed by atoms with Gasteiger partial charge in [0.2, 0.25) is 10.0 Å². The Morgan fingerprint density at radius 3 is 2.50 bits per heavy atom. The van der Waals surface area contributed by atoms with Crippen LogP contribution in [0.1, 0.15) is 25.0 Å². The van der Waals surface area contributed by atoms with E-state index < -0.39 is 10.0 Å². The van der Waals surface area contributed by atoms with E-state index in [2.05, 4.69) is 5.16 Å². The van der Waals surface area contributed by atoms with Gasteiger partial charge in [0.1, 0.15) is 0 Å². The van der Waals surface area contributed by atoms with Crippen LogP contribution < -0.4 is 5.73 Å². The van der Waals surface area contributed by atoms with Crippen molar-refractivity contribution in [2.24, 2.45) is 0 Å². The van der Waals surface area contributed by atoms with Crippen LogP contribution in [0.3, 0.4) is 0 Å². The van der Waals surface area contributed by atoms with Crippen LogP contribution in [-0.4, -0.2) is 31.0 Å². The minimum absolute atomic E-state index is 0.00176. The Kier molecular flexibility index (Phi) is 2.67. The third-order valence-electron chi connectivity index (χ3n) is 3.06. The van der Waals surface area contributed by atoms with Gasteiger partial charge in [-0.3, -0.25) is 0 Å². The van der Waals surface area contributed by atoms with E-state index in [1.807, 2.05) is 0 Å². The summed E-state index contributed by atoms with van der Waals surface area (Å²) >= 11 is 0. The summed E-state index contributed by atoms with van der Waals surface area (Å²) in [7, 11) is -1.99. The lowest BCUT2D eigenvalue weighted by Gasteiger charge is -2.33. The van der Waals surface area contributed by atoms with Crippen LogP contribution in [0.15, 0.2) is 9.42 Å². The molecule has 90 valence electrons. The van der Waals surface area contributed by atoms with Crippen molar-refractivity contribution in [2.45, 2.75) is 37.1 Å². The SMILES string of the molecule is Cc1onc(N)c1S(=O)(=O)N(C)C1CCC1. The van der Waals surface area contributed by atoms with E-state index in [1.165, 1.54) is 4.31 Å². The molecule has 6 nitrogen and oxygen atoms in total. The van der Waals surface area contributed by atoms with Gasteiger partial charge in [0.05, 0.1) is 0 Å². The fourth-order valence-corrected chi connectivity index (χ4v) is 3.38. The van der Waals surface area contributed by atoms with Crippen LogP contribution in [0.5, 0.6) is 0 Å². The summed E-state index contributed by atoms with van der Waals surface area (Å²) in [5, 5.41) is 3.46. The van der Waals surface area contributed by atoms with E-state index in [0.29, 0.717) is 0 Å². The minimum Gasteiger partial charge on any atom is -0.380 e. The van der Waals surface area contributed by atoms with Gasteiger partial charge in [0.25, 0.3) is 0 Å². The number of hydrogen-bond donors (Lipinski definition) is 1. The van der Waals surface area contributed by atoms with Gasteiger partial charge >= 0.3 is 0 Å². The Morgan fingerprint density at radius 1 is 1.50 bits per heavy atom. The molecular weight excluding hydrogens is 230 g/mol. The Balaban J connectivity index is 2.38. The van der Waals surface area contributed by atoms with Crippen molar-refractivity contribution >= 4 is 15.8 Å². The van der Waals surface area contributed by atoms with E-state index in [4.69, 9.17) is 10.3 Å². The number of hydrogen-bond acceptors (Lipinski definition) is 5. The van der Waals surface area contributed by atoms with Gasteiger partial charge in [-0.05, 0) is 19.8 Å². The first-order valence-corrected chi connectivity index (χ1v) is 6.58. The lowest BCUT2D eigenvalue weighted by atomic mass is 9.94. The second kappa shape index (κ2) is 3.74. The average molecular weight is 245 g/mol. The molecule has 2 N–H and O–H groups in total. The number of aromatic nitrogens is 1. The zero-order valence-corrected chi connectivity index (χ0v) is 10.1. The molecule has 7 heteroatoms. The topological polar surface area (TPSA) is 89.4 Å². The fourth-order valence-electron chi connectivity index (χ4n) is 1.79. The molecule has 0 spiro atoms. The molecule has 0 saturated heterocycles. The number of nitrogens with two attached hydrogens (primary N) is 1. The quantitative estimate of drug-likeness (QED) is 0.848. The van der Waals surface area contributed by atoms with Crippen LogP contribution >= 0.6 is 0 Å². The number of nitrogen functional groups attached to an aromatic ring is 1. The molecule has 1 saturated carbocycles. The zero-order chi connectivity index (χ0) is 11.9. The lowest BCUT2D eigenvalue weighted by molar-refractivity contribution is 0.249. The van der Waals surface area contributed by atoms with E-state index in [1.54, 1.807) is 14.0 Å². The van der Waals surface area contributed by atoms with Crippen LogP contribution in [0.25, 0.3) is 0 Å². The molecule has 16 heavy (non-hydrogen) atoms. The van der Waals surface area contributed by atoms with Crippen LogP contribution in [0, 0.1) is 6.92 Å². The molecule has 0 radical (unpaired) electrons. The first kappa shape index (κ1) is 11.4. The minimum atomic E-state index is -3.56. The van der Waals surface area contributed by atoms with Gasteiger partial charge in [0.15, 0.2) is 16.5 Å². The largest absolute Gasteiger partial charge is 0.380 e. The van der Waals surface area contributed by atoms with Crippen molar-refractivity contribution in [3.63, 3.8) is 0 Å². The predicted molar refractivity (Wildman–Crippen MR) is 58.2 cm³/mol. The summed E-state index contributed by atoms with van der Waals surface area (Å²) in [5.41, 5.74) is 5.51. The lowest BCUT2D eigenvalue weighted by Crippen LogP contribution is -2.41. The molecule has 1 aromatic heterocycles. The molecule has 1 aliphatic carbocycles. The van der Waals surface area contributed by atoms with Crippen LogP contribution in [0.4, 0.5) is 5.82 Å². The molecule has 0 amide bonds. The smallest absolute Gasteiger partial charge is 0.250 e. The molecule has 2 rings (SSSR count).